The van der Waals surface area contributed by atoms with Crippen LogP contribution < -0.4 is 4.74 Å². The highest BCUT2D eigenvalue weighted by molar-refractivity contribution is 7.89. The van der Waals surface area contributed by atoms with E-state index in [1.807, 2.05) is 30.3 Å². The molecule has 0 aromatic heterocycles. The maximum Gasteiger partial charge on any atom is 0.253 e. The number of benzene rings is 2. The Kier molecular flexibility index (Phi) is 6.76. The van der Waals surface area contributed by atoms with E-state index < -0.39 is 10.0 Å². The second-order valence-electron chi connectivity index (χ2n) is 6.06. The normalized spacial score (nSPS) is 11.4. The zero-order valence-corrected chi connectivity index (χ0v) is 16.1. The molecule has 0 heterocycles. The third-order valence-electron chi connectivity index (χ3n) is 3.86. The number of nitrogens with zero attached hydrogens (tertiary/aromatic N) is 2. The van der Waals surface area contributed by atoms with E-state index in [-0.39, 0.29) is 10.8 Å². The summed E-state index contributed by atoms with van der Waals surface area (Å²) in [5.41, 5.74) is 0.347. The van der Waals surface area contributed by atoms with E-state index in [1.165, 1.54) is 26.2 Å². The minimum Gasteiger partial charge on any atom is -0.494 e. The van der Waals surface area contributed by atoms with E-state index in [0.717, 1.165) is 10.1 Å². The molecule has 0 aliphatic carbocycles. The molecule has 2 aromatic carbocycles. The molecule has 140 valence electrons. The van der Waals surface area contributed by atoms with E-state index in [0.29, 0.717) is 25.1 Å². The van der Waals surface area contributed by atoms with Crippen LogP contribution in [-0.2, 0) is 10.0 Å². The Bertz CT molecular complexity index is 836. The molecule has 0 N–H and O–H groups in total. The van der Waals surface area contributed by atoms with Gasteiger partial charge < -0.3 is 9.64 Å². The van der Waals surface area contributed by atoms with Crippen LogP contribution in [-0.4, -0.2) is 57.8 Å². The fourth-order valence-corrected chi connectivity index (χ4v) is 3.28. The van der Waals surface area contributed by atoms with Gasteiger partial charge in [-0.05, 0) is 36.8 Å². The molecule has 0 bridgehead atoms. The van der Waals surface area contributed by atoms with Gasteiger partial charge in [0.1, 0.15) is 5.75 Å². The molecule has 0 unspecified atom stereocenters. The van der Waals surface area contributed by atoms with Crippen molar-refractivity contribution >= 4 is 15.9 Å². The van der Waals surface area contributed by atoms with E-state index >= 15 is 0 Å². The van der Waals surface area contributed by atoms with Crippen molar-refractivity contribution in [2.24, 2.45) is 0 Å². The van der Waals surface area contributed by atoms with Crippen LogP contribution in [0.5, 0.6) is 5.75 Å². The summed E-state index contributed by atoms with van der Waals surface area (Å²) in [7, 11) is 1.05. The van der Waals surface area contributed by atoms with Gasteiger partial charge in [-0.15, -0.1) is 0 Å². The molecule has 0 radical (unpaired) electrons. The molecule has 0 saturated carbocycles. The van der Waals surface area contributed by atoms with E-state index in [1.54, 1.807) is 24.1 Å². The Hall–Kier alpha value is -2.38. The van der Waals surface area contributed by atoms with Gasteiger partial charge in [-0.25, -0.2) is 12.7 Å². The summed E-state index contributed by atoms with van der Waals surface area (Å²) in [5.74, 6) is 0.573. The van der Waals surface area contributed by atoms with E-state index in [9.17, 15) is 13.2 Å². The van der Waals surface area contributed by atoms with Crippen LogP contribution in [0.2, 0.25) is 0 Å². The number of para-hydroxylation sites is 1. The molecule has 26 heavy (non-hydrogen) atoms. The lowest BCUT2D eigenvalue weighted by atomic mass is 10.2. The zero-order valence-electron chi connectivity index (χ0n) is 15.3. The Morgan fingerprint density at radius 2 is 1.69 bits per heavy atom. The molecule has 0 aliphatic heterocycles. The lowest BCUT2D eigenvalue weighted by Gasteiger charge is -2.18. The molecule has 6 nitrogen and oxygen atoms in total. The number of carbonyl (C=O) groups excluding carboxylic acids is 1. The van der Waals surface area contributed by atoms with Gasteiger partial charge in [-0.1, -0.05) is 24.3 Å². The molecule has 2 rings (SSSR count). The molecule has 0 spiro atoms. The summed E-state index contributed by atoms with van der Waals surface area (Å²) in [6, 6.07) is 15.6. The van der Waals surface area contributed by atoms with Crippen LogP contribution in [0, 0.1) is 0 Å². The smallest absolute Gasteiger partial charge is 0.253 e. The minimum atomic E-state index is -3.57. The van der Waals surface area contributed by atoms with Crippen LogP contribution in [0.4, 0.5) is 0 Å². The molecule has 2 aromatic rings. The number of amides is 1. The summed E-state index contributed by atoms with van der Waals surface area (Å²) in [6.45, 7) is 1.01. The second-order valence-corrected chi connectivity index (χ2v) is 8.21. The molecule has 7 heteroatoms. The quantitative estimate of drug-likeness (QED) is 0.664. The SMILES string of the molecule is CN(CCCOc1ccccc1)C(=O)c1cccc(S(=O)(=O)N(C)C)c1. The molecule has 0 saturated heterocycles. The van der Waals surface area contributed by atoms with E-state index in [4.69, 9.17) is 4.74 Å². The maximum atomic E-state index is 12.5. The fraction of sp³-hybridized carbons (Fsp3) is 0.316. The van der Waals surface area contributed by atoms with Crippen molar-refractivity contribution in [3.8, 4) is 5.75 Å². The van der Waals surface area contributed by atoms with Crippen LogP contribution in [0.1, 0.15) is 16.8 Å². The standard InChI is InChI=1S/C19H24N2O4S/c1-20(2)26(23,24)18-12-7-9-16(15-18)19(22)21(3)13-8-14-25-17-10-5-4-6-11-17/h4-7,9-12,15H,8,13-14H2,1-3H3. The maximum absolute atomic E-state index is 12.5. The van der Waals surface area contributed by atoms with Gasteiger partial charge in [0.25, 0.3) is 5.91 Å². The first-order chi connectivity index (χ1) is 12.3. The highest BCUT2D eigenvalue weighted by Crippen LogP contribution is 2.16. The molecular formula is C19H24N2O4S. The molecule has 1 amide bonds. The highest BCUT2D eigenvalue weighted by atomic mass is 32.2. The first-order valence-electron chi connectivity index (χ1n) is 8.28. The van der Waals surface area contributed by atoms with Gasteiger partial charge in [-0.3, -0.25) is 4.79 Å². The monoisotopic (exact) mass is 376 g/mol. The number of sulfonamides is 1. The second kappa shape index (κ2) is 8.82. The summed E-state index contributed by atoms with van der Waals surface area (Å²) in [4.78, 5) is 14.2. The third kappa shape index (κ3) is 5.06. The van der Waals surface area contributed by atoms with Crippen LogP contribution in [0.25, 0.3) is 0 Å². The van der Waals surface area contributed by atoms with Crippen LogP contribution >= 0.6 is 0 Å². The topological polar surface area (TPSA) is 66.9 Å². The molecule has 0 aliphatic rings. The van der Waals surface area contributed by atoms with Crippen molar-refractivity contribution in [1.82, 2.24) is 9.21 Å². The molecule has 0 atom stereocenters. The summed E-state index contributed by atoms with van der Waals surface area (Å²) in [6.07, 6.45) is 0.673. The first kappa shape index (κ1) is 19.9. The van der Waals surface area contributed by atoms with Crippen LogP contribution in [0.3, 0.4) is 0 Å². The summed E-state index contributed by atoms with van der Waals surface area (Å²) in [5, 5.41) is 0. The highest BCUT2D eigenvalue weighted by Gasteiger charge is 2.19. The van der Waals surface area contributed by atoms with Crippen molar-refractivity contribution in [1.29, 1.82) is 0 Å². The van der Waals surface area contributed by atoms with Gasteiger partial charge in [0.2, 0.25) is 10.0 Å². The summed E-state index contributed by atoms with van der Waals surface area (Å²) < 4.78 is 31.1. The first-order valence-corrected chi connectivity index (χ1v) is 9.72. The number of hydrogen-bond acceptors (Lipinski definition) is 4. The Morgan fingerprint density at radius 1 is 1.00 bits per heavy atom. The average molecular weight is 376 g/mol. The Morgan fingerprint density at radius 3 is 2.35 bits per heavy atom. The van der Waals surface area contributed by atoms with Crippen LogP contribution in [0.15, 0.2) is 59.5 Å². The Labute approximate surface area is 155 Å². The number of ether oxygens (including phenoxy) is 1. The van der Waals surface area contributed by atoms with Crippen molar-refractivity contribution in [3.05, 3.63) is 60.2 Å². The lowest BCUT2D eigenvalue weighted by Crippen LogP contribution is -2.29. The molecular weight excluding hydrogens is 352 g/mol. The van der Waals surface area contributed by atoms with Gasteiger partial charge >= 0.3 is 0 Å². The number of rotatable bonds is 8. The predicted octanol–water partition coefficient (Wildman–Crippen LogP) is 2.48. The Balaban J connectivity index is 1.93. The zero-order chi connectivity index (χ0) is 19.2. The van der Waals surface area contributed by atoms with Crippen molar-refractivity contribution in [2.75, 3.05) is 34.3 Å². The van der Waals surface area contributed by atoms with Gasteiger partial charge in [0.05, 0.1) is 11.5 Å². The third-order valence-corrected chi connectivity index (χ3v) is 5.67. The lowest BCUT2D eigenvalue weighted by molar-refractivity contribution is 0.0787. The largest absolute Gasteiger partial charge is 0.494 e. The van der Waals surface area contributed by atoms with Crippen molar-refractivity contribution in [3.63, 3.8) is 0 Å². The van der Waals surface area contributed by atoms with Crippen molar-refractivity contribution in [2.45, 2.75) is 11.3 Å². The van der Waals surface area contributed by atoms with Gasteiger partial charge in [0, 0.05) is 33.3 Å². The fourth-order valence-electron chi connectivity index (χ4n) is 2.33. The minimum absolute atomic E-state index is 0.106. The van der Waals surface area contributed by atoms with E-state index in [2.05, 4.69) is 0 Å². The van der Waals surface area contributed by atoms with Gasteiger partial charge in [-0.2, -0.15) is 0 Å². The predicted molar refractivity (Wildman–Crippen MR) is 101 cm³/mol. The average Bonchev–Trinajstić information content (AvgIpc) is 2.65. The van der Waals surface area contributed by atoms with Crippen molar-refractivity contribution < 1.29 is 17.9 Å². The van der Waals surface area contributed by atoms with Gasteiger partial charge in [0.15, 0.2) is 0 Å². The molecule has 0 fully saturated rings. The number of hydrogen-bond donors (Lipinski definition) is 0. The summed E-state index contributed by atoms with van der Waals surface area (Å²) >= 11 is 0. The number of carbonyl (C=O) groups is 1.